The summed E-state index contributed by atoms with van der Waals surface area (Å²) in [6.07, 6.45) is 0.740. The van der Waals surface area contributed by atoms with Crippen LogP contribution in [0.5, 0.6) is 0 Å². The van der Waals surface area contributed by atoms with E-state index in [-0.39, 0.29) is 19.8 Å². The highest BCUT2D eigenvalue weighted by Gasteiger charge is 2.15. The van der Waals surface area contributed by atoms with E-state index in [0.29, 0.717) is 58.6 Å². The molecule has 20 heteroatoms. The Kier molecular flexibility index (Phi) is 70.3. The lowest BCUT2D eigenvalue weighted by Crippen LogP contribution is -2.35. The molecule has 0 heterocycles. The number of ether oxygens (including phenoxy) is 5. The van der Waals surface area contributed by atoms with E-state index in [0.717, 1.165) is 0 Å². The zero-order valence-corrected chi connectivity index (χ0v) is 20.9. The van der Waals surface area contributed by atoms with Gasteiger partial charge in [-0.2, -0.15) is 5.54 Å². The van der Waals surface area contributed by atoms with E-state index in [2.05, 4.69) is 10.6 Å². The van der Waals surface area contributed by atoms with Gasteiger partial charge in [-0.1, -0.05) is 0 Å². The summed E-state index contributed by atoms with van der Waals surface area (Å²) in [4.78, 5) is 31.3. The molecule has 0 aromatic rings. The summed E-state index contributed by atoms with van der Waals surface area (Å²) in [5.41, 5.74) is 1.56. The number of methoxy groups -OCH3 is 2. The van der Waals surface area contributed by atoms with Crippen LogP contribution in [0.2, 0.25) is 0 Å². The molecule has 0 aliphatic heterocycles. The molecule has 0 spiro atoms. The molecule has 0 fully saturated rings. The first-order valence-corrected chi connectivity index (χ1v) is 10.2. The number of rotatable bonds is 18. The van der Waals surface area contributed by atoms with Crippen molar-refractivity contribution in [3.8, 4) is 0 Å². The van der Waals surface area contributed by atoms with Crippen molar-refractivity contribution in [3.63, 3.8) is 0 Å². The van der Waals surface area contributed by atoms with Gasteiger partial charge in [0.05, 0.1) is 0 Å². The Bertz CT molecular complexity index is 403. The molecule has 234 valence electrons. The van der Waals surface area contributed by atoms with Crippen molar-refractivity contribution >= 4 is 19.0 Å². The Morgan fingerprint density at radius 3 is 1.39 bits per heavy atom. The third-order valence-corrected chi connectivity index (χ3v) is 3.41. The van der Waals surface area contributed by atoms with Gasteiger partial charge in [0.2, 0.25) is 0 Å². The van der Waals surface area contributed by atoms with Crippen LogP contribution in [-0.4, -0.2) is 92.0 Å². The molecule has 0 saturated heterocycles. The van der Waals surface area contributed by atoms with Crippen LogP contribution >= 0.6 is 0 Å². The number of carbonyl (C=O) groups excluding carboxylic acids is 3. The average Bonchev–Trinajstić information content (AvgIpc) is 2.99. The molecule has 38 heavy (non-hydrogen) atoms. The van der Waals surface area contributed by atoms with Crippen LogP contribution in [0.15, 0.2) is 0 Å². The van der Waals surface area contributed by atoms with Crippen molar-refractivity contribution in [2.24, 2.45) is 0 Å². The first-order valence-electron chi connectivity index (χ1n) is 10.2. The molecule has 11 nitrogen and oxygen atoms in total. The number of hydrogen-bond acceptors (Lipinski definition) is 9. The number of carbonyl (C=O) groups is 3. The first-order chi connectivity index (χ1) is 18.6. The SMILES string of the molecule is C=O.COCCCNC(=O)OCC(COC(=O)NCCCOC)OCCCCNF.FF.FF.FF.FF. The third-order valence-electron chi connectivity index (χ3n) is 3.41. The molecule has 0 rings (SSSR count). The van der Waals surface area contributed by atoms with Crippen molar-refractivity contribution < 1.29 is 79.1 Å². The van der Waals surface area contributed by atoms with Crippen LogP contribution in [0.4, 0.5) is 50.7 Å². The highest BCUT2D eigenvalue weighted by molar-refractivity contribution is 5.67. The fourth-order valence-corrected chi connectivity index (χ4v) is 1.94. The maximum absolute atomic E-state index is 11.9. The van der Waals surface area contributed by atoms with E-state index >= 15 is 0 Å². The van der Waals surface area contributed by atoms with Gasteiger partial charge in [-0.3, -0.25) is 0 Å². The van der Waals surface area contributed by atoms with E-state index in [4.69, 9.17) is 65.1 Å². The summed E-state index contributed by atoms with van der Waals surface area (Å²) in [6, 6.07) is 0. The van der Waals surface area contributed by atoms with Crippen LogP contribution in [0.1, 0.15) is 25.7 Å². The smallest absolute Gasteiger partial charge is 0.407 e. The van der Waals surface area contributed by atoms with Crippen LogP contribution in [-0.2, 0) is 28.5 Å². The summed E-state index contributed by atoms with van der Waals surface area (Å²) in [7, 11) is 3.16. The van der Waals surface area contributed by atoms with Gasteiger partial charge in [0.1, 0.15) is 26.1 Å². The van der Waals surface area contributed by atoms with Crippen molar-refractivity contribution in [1.82, 2.24) is 16.2 Å². The second-order valence-corrected chi connectivity index (χ2v) is 5.83. The van der Waals surface area contributed by atoms with Crippen LogP contribution in [0.25, 0.3) is 0 Å². The minimum absolute atomic E-state index is 0.0750. The molecule has 0 unspecified atom stereocenters. The van der Waals surface area contributed by atoms with Gasteiger partial charge in [0, 0.05) is 90.3 Å². The van der Waals surface area contributed by atoms with Crippen LogP contribution < -0.4 is 16.2 Å². The van der Waals surface area contributed by atoms with E-state index in [1.54, 1.807) is 19.8 Å². The molecular formula is C18H36F9N3O8. The third kappa shape index (κ3) is 50.3. The topological polar surface area (TPSA) is 133 Å². The number of halogens is 9. The zero-order valence-electron chi connectivity index (χ0n) is 20.9. The Morgan fingerprint density at radius 1 is 0.658 bits per heavy atom. The van der Waals surface area contributed by atoms with Crippen LogP contribution in [0, 0.1) is 0 Å². The molecule has 0 radical (unpaired) electrons. The maximum Gasteiger partial charge on any atom is 0.407 e. The van der Waals surface area contributed by atoms with Gasteiger partial charge in [0.25, 0.3) is 0 Å². The van der Waals surface area contributed by atoms with Gasteiger partial charge in [-0.15, -0.1) is 4.48 Å². The minimum Gasteiger partial charge on any atom is -0.447 e. The van der Waals surface area contributed by atoms with E-state index in [1.807, 2.05) is 6.79 Å². The second-order valence-electron chi connectivity index (χ2n) is 5.83. The average molecular weight is 593 g/mol. The number of amides is 2. The first kappa shape index (κ1) is 48.5. The highest BCUT2D eigenvalue weighted by Crippen LogP contribution is 2.00. The summed E-state index contributed by atoms with van der Waals surface area (Å²) >= 11 is 0. The summed E-state index contributed by atoms with van der Waals surface area (Å²) in [5.74, 6) is 0. The molecule has 3 N–H and O–H groups in total. The Hall–Kier alpha value is -2.58. The lowest BCUT2D eigenvalue weighted by Gasteiger charge is -2.18. The molecule has 0 atom stereocenters. The number of unbranched alkanes of at least 4 members (excludes halogenated alkanes) is 1. The highest BCUT2D eigenvalue weighted by atomic mass is 20.0. The lowest BCUT2D eigenvalue weighted by atomic mass is 10.3. The van der Waals surface area contributed by atoms with E-state index in [1.165, 1.54) is 0 Å². The van der Waals surface area contributed by atoms with Gasteiger partial charge < -0.3 is 39.1 Å². The number of alkyl carbamates (subject to hydrolysis) is 2. The van der Waals surface area contributed by atoms with E-state index in [9.17, 15) is 14.1 Å². The van der Waals surface area contributed by atoms with Crippen LogP contribution in [0.3, 0.4) is 0 Å². The maximum atomic E-state index is 11.9. The lowest BCUT2D eigenvalue weighted by molar-refractivity contribution is -0.0980. The fourth-order valence-electron chi connectivity index (χ4n) is 1.94. The van der Waals surface area contributed by atoms with Crippen molar-refractivity contribution in [3.05, 3.63) is 0 Å². The second kappa shape index (κ2) is 55.1. The molecule has 0 bridgehead atoms. The van der Waals surface area contributed by atoms with Gasteiger partial charge in [0.15, 0.2) is 0 Å². The minimum atomic E-state index is -0.618. The normalized spacial score (nSPS) is 8.63. The quantitative estimate of drug-likeness (QED) is 0.121. The number of hydrogen-bond donors (Lipinski definition) is 3. The predicted octanol–water partition coefficient (Wildman–Crippen LogP) is 4.33. The molecule has 0 aliphatic rings. The summed E-state index contributed by atoms with van der Waals surface area (Å²) in [6.45, 7) is 4.32. The van der Waals surface area contributed by atoms with Crippen molar-refractivity contribution in [1.29, 1.82) is 0 Å². The van der Waals surface area contributed by atoms with Gasteiger partial charge in [-0.05, 0) is 25.7 Å². The predicted molar refractivity (Wildman–Crippen MR) is 116 cm³/mol. The largest absolute Gasteiger partial charge is 0.447 e. The van der Waals surface area contributed by atoms with Crippen molar-refractivity contribution in [2.75, 3.05) is 66.9 Å². The molecular weight excluding hydrogens is 557 g/mol. The summed E-state index contributed by atoms with van der Waals surface area (Å²) in [5, 5.41) is 5.17. The summed E-state index contributed by atoms with van der Waals surface area (Å²) < 4.78 is 101. The Labute approximate surface area is 214 Å². The van der Waals surface area contributed by atoms with Gasteiger partial charge in [-0.25, -0.2) is 9.59 Å². The molecule has 0 aliphatic carbocycles. The Balaban J connectivity index is -0.000000227. The molecule has 0 saturated carbocycles. The van der Waals surface area contributed by atoms with Gasteiger partial charge >= 0.3 is 12.2 Å². The zero-order chi connectivity index (χ0) is 30.9. The molecule has 0 aromatic heterocycles. The number of nitrogens with one attached hydrogen (secondary N) is 3. The fraction of sp³-hybridized carbons (Fsp3) is 0.833. The van der Waals surface area contributed by atoms with Crippen molar-refractivity contribution in [2.45, 2.75) is 31.8 Å². The Morgan fingerprint density at radius 2 is 1.05 bits per heavy atom. The standard InChI is InChI=1S/C17H34FN3O7.CH2O.4F2/c1-24-10-5-7-19-16(22)27-13-15(26-12-4-3-9-21-18)14-28-17(23)20-8-6-11-25-2;5*1-2/h15,21H,3-14H2,1-2H3,(H,19,22)(H,20,23);1H2;;;;. The van der Waals surface area contributed by atoms with E-state index < -0.39 is 18.3 Å². The molecule has 2 amide bonds. The monoisotopic (exact) mass is 593 g/mol. The molecule has 0 aromatic carbocycles.